The average molecular weight is 419 g/mol. The van der Waals surface area contributed by atoms with Crippen LogP contribution in [0.2, 0.25) is 0 Å². The molecule has 7 heteroatoms. The Balaban J connectivity index is 0.000000403. The van der Waals surface area contributed by atoms with Crippen LogP contribution in [0.4, 0.5) is 0 Å². The maximum Gasteiger partial charge on any atom is 0.394 e. The van der Waals surface area contributed by atoms with Crippen molar-refractivity contribution in [3.8, 4) is 0 Å². The second-order valence-corrected chi connectivity index (χ2v) is 11.3. The van der Waals surface area contributed by atoms with Crippen molar-refractivity contribution in [3.63, 3.8) is 0 Å². The van der Waals surface area contributed by atoms with E-state index in [0.717, 1.165) is 23.7 Å². The molecule has 4 aliphatic carbocycles. The van der Waals surface area contributed by atoms with Crippen LogP contribution in [0.1, 0.15) is 84.5 Å². The molecule has 0 aliphatic heterocycles. The van der Waals surface area contributed by atoms with Crippen LogP contribution < -0.4 is 0 Å². The predicted octanol–water partition coefficient (Wildman–Crippen LogP) is 4.08. The number of hydrogen-bond acceptors (Lipinski definition) is 4. The third-order valence-electron chi connectivity index (χ3n) is 9.27. The molecule has 0 spiro atoms. The van der Waals surface area contributed by atoms with E-state index in [1.54, 1.807) is 0 Å². The number of fused-ring (bicyclic) bond motifs is 5. The van der Waals surface area contributed by atoms with Gasteiger partial charge in [-0.25, -0.2) is 0 Å². The summed E-state index contributed by atoms with van der Waals surface area (Å²) in [5, 5.41) is 19.0. The Kier molecular flexibility index (Phi) is 6.53. The molecule has 4 N–H and O–H groups in total. The topological polar surface area (TPSA) is 115 Å². The Morgan fingerprint density at radius 1 is 0.857 bits per heavy atom. The average Bonchev–Trinajstić information content (AvgIpc) is 2.89. The minimum Gasteiger partial charge on any atom is -0.368 e. The fourth-order valence-electron chi connectivity index (χ4n) is 8.05. The largest absolute Gasteiger partial charge is 0.394 e. The van der Waals surface area contributed by atoms with Crippen molar-refractivity contribution < 1.29 is 27.7 Å². The van der Waals surface area contributed by atoms with Gasteiger partial charge in [-0.2, -0.15) is 8.42 Å². The molecule has 0 amide bonds. The van der Waals surface area contributed by atoms with Gasteiger partial charge in [0, 0.05) is 6.42 Å². The van der Waals surface area contributed by atoms with Crippen molar-refractivity contribution in [2.45, 2.75) is 90.8 Å². The zero-order valence-electron chi connectivity index (χ0n) is 17.3. The summed E-state index contributed by atoms with van der Waals surface area (Å²) in [7, 11) is -4.67. The zero-order chi connectivity index (χ0) is 20.7. The fourth-order valence-corrected chi connectivity index (χ4v) is 8.05. The number of hydrogen-bond donors (Lipinski definition) is 4. The van der Waals surface area contributed by atoms with Crippen molar-refractivity contribution in [3.05, 3.63) is 0 Å². The van der Waals surface area contributed by atoms with Crippen LogP contribution in [0.15, 0.2) is 0 Å². The van der Waals surface area contributed by atoms with Gasteiger partial charge in [0.05, 0.1) is 0 Å². The van der Waals surface area contributed by atoms with Gasteiger partial charge in [0.2, 0.25) is 0 Å². The van der Waals surface area contributed by atoms with Crippen molar-refractivity contribution in [1.29, 1.82) is 0 Å². The molecule has 164 valence electrons. The molecule has 6 nitrogen and oxygen atoms in total. The van der Waals surface area contributed by atoms with Crippen LogP contribution in [-0.2, 0) is 10.4 Å². The third kappa shape index (κ3) is 4.43. The molecule has 7 atom stereocenters. The maximum absolute atomic E-state index is 9.50. The maximum atomic E-state index is 9.50. The Bertz CT molecular complexity index is 641. The molecule has 4 rings (SSSR count). The van der Waals surface area contributed by atoms with Crippen molar-refractivity contribution in [2.75, 3.05) is 0 Å². The number of aliphatic hydroxyl groups is 2. The summed E-state index contributed by atoms with van der Waals surface area (Å²) in [5.41, 5.74) is 1.000. The minimum absolute atomic E-state index is 0.378. The van der Waals surface area contributed by atoms with Crippen LogP contribution in [0.5, 0.6) is 0 Å². The van der Waals surface area contributed by atoms with Crippen molar-refractivity contribution in [1.82, 2.24) is 0 Å². The summed E-state index contributed by atoms with van der Waals surface area (Å²) in [4.78, 5) is 0. The fraction of sp³-hybridized carbons (Fsp3) is 1.00. The highest BCUT2D eigenvalue weighted by Crippen LogP contribution is 2.67. The lowest BCUT2D eigenvalue weighted by atomic mass is 9.45. The quantitative estimate of drug-likeness (QED) is 0.397. The van der Waals surface area contributed by atoms with Gasteiger partial charge < -0.3 is 10.2 Å². The summed E-state index contributed by atoms with van der Waals surface area (Å²) >= 11 is 0. The van der Waals surface area contributed by atoms with Gasteiger partial charge in [0.1, 0.15) is 0 Å². The molecule has 0 saturated heterocycles. The molecule has 0 aromatic rings. The summed E-state index contributed by atoms with van der Waals surface area (Å²) in [6.45, 7) is 5.13. The molecule has 0 bridgehead atoms. The lowest BCUT2D eigenvalue weighted by Gasteiger charge is -2.60. The van der Waals surface area contributed by atoms with Gasteiger partial charge in [0.15, 0.2) is 6.29 Å². The minimum atomic E-state index is -4.67. The number of rotatable bonds is 2. The van der Waals surface area contributed by atoms with Crippen molar-refractivity contribution >= 4 is 10.4 Å². The lowest BCUT2D eigenvalue weighted by molar-refractivity contribution is -0.121. The molecule has 4 saturated carbocycles. The molecule has 28 heavy (non-hydrogen) atoms. The van der Waals surface area contributed by atoms with E-state index in [4.69, 9.17) is 17.5 Å². The van der Waals surface area contributed by atoms with E-state index < -0.39 is 16.7 Å². The van der Waals surface area contributed by atoms with Gasteiger partial charge in [-0.1, -0.05) is 26.7 Å². The van der Waals surface area contributed by atoms with Crippen LogP contribution >= 0.6 is 0 Å². The van der Waals surface area contributed by atoms with E-state index >= 15 is 0 Å². The summed E-state index contributed by atoms with van der Waals surface area (Å²) in [5.74, 6) is 4.26. The third-order valence-corrected chi connectivity index (χ3v) is 9.27. The first-order chi connectivity index (χ1) is 12.9. The summed E-state index contributed by atoms with van der Waals surface area (Å²) in [6.07, 6.45) is 13.6. The Morgan fingerprint density at radius 2 is 1.50 bits per heavy atom. The van der Waals surface area contributed by atoms with Crippen LogP contribution in [0.3, 0.4) is 0 Å². The summed E-state index contributed by atoms with van der Waals surface area (Å²) < 4.78 is 31.6. The van der Waals surface area contributed by atoms with Gasteiger partial charge in [-0.3, -0.25) is 9.11 Å². The van der Waals surface area contributed by atoms with E-state index in [0.29, 0.717) is 23.2 Å². The normalized spacial score (nSPS) is 45.5. The van der Waals surface area contributed by atoms with E-state index in [1.165, 1.54) is 64.2 Å². The van der Waals surface area contributed by atoms with Crippen LogP contribution in [0.25, 0.3) is 0 Å². The highest BCUT2D eigenvalue weighted by atomic mass is 32.3. The highest BCUT2D eigenvalue weighted by Gasteiger charge is 2.59. The summed E-state index contributed by atoms with van der Waals surface area (Å²) in [6, 6.07) is 0. The zero-order valence-corrected chi connectivity index (χ0v) is 18.1. The second-order valence-electron chi connectivity index (χ2n) is 10.4. The molecular weight excluding hydrogens is 380 g/mol. The number of aliphatic hydroxyl groups excluding tert-OH is 1. The van der Waals surface area contributed by atoms with Gasteiger partial charge in [-0.05, 0) is 91.8 Å². The van der Waals surface area contributed by atoms with Gasteiger partial charge in [0.25, 0.3) is 0 Å². The molecule has 4 aliphatic rings. The first-order valence-electron chi connectivity index (χ1n) is 11.0. The first-order valence-corrected chi connectivity index (χ1v) is 12.4. The molecule has 1 unspecified atom stereocenters. The first kappa shape index (κ1) is 22.5. The Hall–Kier alpha value is -0.210. The molecule has 4 fully saturated rings. The van der Waals surface area contributed by atoms with Gasteiger partial charge in [-0.15, -0.1) is 0 Å². The van der Waals surface area contributed by atoms with E-state index in [-0.39, 0.29) is 0 Å². The molecular formula is C21H38O6S. The van der Waals surface area contributed by atoms with E-state index in [9.17, 15) is 10.2 Å². The highest BCUT2D eigenvalue weighted by molar-refractivity contribution is 7.79. The van der Waals surface area contributed by atoms with Crippen LogP contribution in [-0.4, -0.2) is 34.0 Å². The SMILES string of the molecule is C[C@]12CC[C@H]3[C@@H](CCC4CCCC[C@@]43C)[C@@H]1CC[C@@H]2CC(O)O.O=S(=O)(O)O. The van der Waals surface area contributed by atoms with E-state index in [1.807, 2.05) is 0 Å². The molecule has 0 heterocycles. The monoisotopic (exact) mass is 418 g/mol. The Morgan fingerprint density at radius 3 is 2.14 bits per heavy atom. The molecule has 0 aromatic heterocycles. The smallest absolute Gasteiger partial charge is 0.368 e. The van der Waals surface area contributed by atoms with E-state index in [2.05, 4.69) is 13.8 Å². The van der Waals surface area contributed by atoms with Gasteiger partial charge >= 0.3 is 10.4 Å². The standard InChI is InChI=1S/C21H36O2.H2O4S/c1-20-11-4-3-5-14(20)6-8-16-17-9-7-15(13-19(22)23)21(17,2)12-10-18(16)20;1-5(2,3)4/h14-19,22-23H,3-13H2,1-2H3;(H2,1,2,3,4)/t14?,15-,16+,17+,18+,20+,21-;/m1./s1. The molecule has 0 radical (unpaired) electrons. The second kappa shape index (κ2) is 8.14. The molecule has 0 aromatic carbocycles. The van der Waals surface area contributed by atoms with Crippen molar-refractivity contribution in [2.24, 2.45) is 40.4 Å². The Labute approximate surface area is 169 Å². The predicted molar refractivity (Wildman–Crippen MR) is 107 cm³/mol. The lowest BCUT2D eigenvalue weighted by Crippen LogP contribution is -2.52. The van der Waals surface area contributed by atoms with Crippen LogP contribution in [0, 0.1) is 40.4 Å².